The lowest BCUT2D eigenvalue weighted by Crippen LogP contribution is -2.14. The van der Waals surface area contributed by atoms with Gasteiger partial charge in [-0.25, -0.2) is 4.39 Å². The van der Waals surface area contributed by atoms with E-state index in [1.807, 2.05) is 65.4 Å². The number of rotatable bonds is 8. The lowest BCUT2D eigenvalue weighted by molar-refractivity contribution is -0.113. The Hall–Kier alpha value is -3.10. The van der Waals surface area contributed by atoms with Gasteiger partial charge in [0.25, 0.3) is 0 Å². The van der Waals surface area contributed by atoms with Gasteiger partial charge in [0.15, 0.2) is 11.0 Å². The number of nitrogens with zero attached hydrogens (tertiary/aromatic N) is 3. The van der Waals surface area contributed by atoms with Crippen molar-refractivity contribution in [1.29, 1.82) is 0 Å². The van der Waals surface area contributed by atoms with Crippen molar-refractivity contribution < 1.29 is 9.18 Å². The van der Waals surface area contributed by atoms with E-state index in [0.29, 0.717) is 17.5 Å². The van der Waals surface area contributed by atoms with Crippen LogP contribution in [0.2, 0.25) is 0 Å². The summed E-state index contributed by atoms with van der Waals surface area (Å²) >= 11 is 2.97. The van der Waals surface area contributed by atoms with Gasteiger partial charge in [0.05, 0.1) is 12.3 Å². The highest BCUT2D eigenvalue weighted by atomic mass is 32.2. The highest BCUT2D eigenvalue weighted by Gasteiger charge is 2.16. The molecule has 0 aliphatic rings. The van der Waals surface area contributed by atoms with Crippen molar-refractivity contribution in [3.05, 3.63) is 90.2 Å². The number of aromatic nitrogens is 3. The Morgan fingerprint density at radius 2 is 1.69 bits per heavy atom. The number of anilines is 1. The largest absolute Gasteiger partial charge is 0.325 e. The fourth-order valence-corrected chi connectivity index (χ4v) is 4.26. The summed E-state index contributed by atoms with van der Waals surface area (Å²) in [5.41, 5.74) is 2.60. The molecule has 5 nitrogen and oxygen atoms in total. The Morgan fingerprint density at radius 1 is 0.969 bits per heavy atom. The van der Waals surface area contributed by atoms with Gasteiger partial charge in [-0.2, -0.15) is 0 Å². The van der Waals surface area contributed by atoms with Gasteiger partial charge >= 0.3 is 0 Å². The number of carbonyl (C=O) groups is 1. The number of hydrogen-bond donors (Lipinski definition) is 1. The first-order chi connectivity index (χ1) is 15.6. The Labute approximate surface area is 194 Å². The topological polar surface area (TPSA) is 59.8 Å². The minimum Gasteiger partial charge on any atom is -0.325 e. The summed E-state index contributed by atoms with van der Waals surface area (Å²) in [5.74, 6) is 0.397. The van der Waals surface area contributed by atoms with Gasteiger partial charge in [-0.05, 0) is 60.4 Å². The first kappa shape index (κ1) is 22.1. The fraction of sp³-hybridized carbons (Fsp3) is 0.125. The molecule has 0 aliphatic heterocycles. The zero-order chi connectivity index (χ0) is 22.3. The second-order valence-corrected chi connectivity index (χ2v) is 8.77. The van der Waals surface area contributed by atoms with Gasteiger partial charge in [-0.1, -0.05) is 42.1 Å². The Bertz CT molecular complexity index is 1180. The summed E-state index contributed by atoms with van der Waals surface area (Å²) in [7, 11) is 0. The van der Waals surface area contributed by atoms with E-state index in [0.717, 1.165) is 21.7 Å². The molecule has 8 heteroatoms. The zero-order valence-electron chi connectivity index (χ0n) is 17.4. The van der Waals surface area contributed by atoms with Crippen molar-refractivity contribution in [3.63, 3.8) is 0 Å². The monoisotopic (exact) mass is 464 g/mol. The quantitative estimate of drug-likeness (QED) is 0.345. The molecule has 0 atom stereocenters. The van der Waals surface area contributed by atoms with Gasteiger partial charge in [-0.15, -0.1) is 22.0 Å². The molecule has 32 heavy (non-hydrogen) atoms. The molecule has 3 aromatic carbocycles. The fourth-order valence-electron chi connectivity index (χ4n) is 3.12. The number of nitrogens with one attached hydrogen (secondary N) is 1. The third-order valence-corrected chi connectivity index (χ3v) is 6.42. The first-order valence-electron chi connectivity index (χ1n) is 9.92. The lowest BCUT2D eigenvalue weighted by atomic mass is 10.2. The van der Waals surface area contributed by atoms with Crippen LogP contribution in [0.5, 0.6) is 0 Å². The highest BCUT2D eigenvalue weighted by Crippen LogP contribution is 2.26. The van der Waals surface area contributed by atoms with Gasteiger partial charge in [0.2, 0.25) is 5.91 Å². The summed E-state index contributed by atoms with van der Waals surface area (Å²) < 4.78 is 15.3. The van der Waals surface area contributed by atoms with Crippen LogP contribution in [0, 0.1) is 5.82 Å². The molecule has 0 aliphatic carbocycles. The van der Waals surface area contributed by atoms with Crippen LogP contribution in [0.3, 0.4) is 0 Å². The molecule has 1 amide bonds. The van der Waals surface area contributed by atoms with E-state index in [2.05, 4.69) is 15.5 Å². The molecule has 0 unspecified atom stereocenters. The molecule has 0 fully saturated rings. The number of amides is 1. The molecule has 1 aromatic heterocycles. The van der Waals surface area contributed by atoms with E-state index in [1.165, 1.54) is 23.9 Å². The van der Waals surface area contributed by atoms with E-state index in [-0.39, 0.29) is 17.5 Å². The summed E-state index contributed by atoms with van der Waals surface area (Å²) in [6, 6.07) is 23.8. The third kappa shape index (κ3) is 5.57. The molecule has 0 saturated carbocycles. The van der Waals surface area contributed by atoms with E-state index in [1.54, 1.807) is 23.9 Å². The number of carbonyl (C=O) groups excluding carboxylic acids is 1. The van der Waals surface area contributed by atoms with Crippen LogP contribution in [0.4, 0.5) is 10.1 Å². The summed E-state index contributed by atoms with van der Waals surface area (Å²) in [6.07, 6.45) is 2.01. The average Bonchev–Trinajstić information content (AvgIpc) is 3.21. The summed E-state index contributed by atoms with van der Waals surface area (Å²) in [6.45, 7) is 0.542. The molecular weight excluding hydrogens is 443 g/mol. The van der Waals surface area contributed by atoms with Crippen LogP contribution in [0.1, 0.15) is 5.56 Å². The molecule has 1 N–H and O–H groups in total. The first-order valence-corrected chi connectivity index (χ1v) is 12.1. The van der Waals surface area contributed by atoms with Crippen molar-refractivity contribution in [2.45, 2.75) is 16.6 Å². The van der Waals surface area contributed by atoms with Crippen LogP contribution in [-0.2, 0) is 11.3 Å². The van der Waals surface area contributed by atoms with Gasteiger partial charge in [-0.3, -0.25) is 9.36 Å². The second-order valence-electron chi connectivity index (χ2n) is 6.95. The van der Waals surface area contributed by atoms with E-state index in [9.17, 15) is 9.18 Å². The van der Waals surface area contributed by atoms with E-state index in [4.69, 9.17) is 0 Å². The molecule has 1 heterocycles. The summed E-state index contributed by atoms with van der Waals surface area (Å²) in [5, 5.41) is 12.2. The lowest BCUT2D eigenvalue weighted by Gasteiger charge is -2.11. The number of benzene rings is 3. The molecular formula is C24H21FN4OS2. The SMILES string of the molecule is CSc1ccc(NC(=O)CSc2nnc(-c3ccc(F)cc3)n2Cc2ccccc2)cc1. The van der Waals surface area contributed by atoms with Crippen molar-refractivity contribution in [2.75, 3.05) is 17.3 Å². The van der Waals surface area contributed by atoms with Crippen molar-refractivity contribution in [2.24, 2.45) is 0 Å². The Morgan fingerprint density at radius 3 is 2.38 bits per heavy atom. The molecule has 4 aromatic rings. The predicted molar refractivity (Wildman–Crippen MR) is 129 cm³/mol. The number of hydrogen-bond acceptors (Lipinski definition) is 5. The normalized spacial score (nSPS) is 10.8. The zero-order valence-corrected chi connectivity index (χ0v) is 19.0. The molecule has 0 bridgehead atoms. The predicted octanol–water partition coefficient (Wildman–Crippen LogP) is 5.59. The summed E-state index contributed by atoms with van der Waals surface area (Å²) in [4.78, 5) is 13.6. The van der Waals surface area contributed by atoms with Gasteiger partial charge < -0.3 is 5.32 Å². The average molecular weight is 465 g/mol. The van der Waals surface area contributed by atoms with Crippen LogP contribution < -0.4 is 5.32 Å². The molecule has 0 radical (unpaired) electrons. The minimum atomic E-state index is -0.306. The maximum atomic E-state index is 13.4. The minimum absolute atomic E-state index is 0.121. The Kier molecular flexibility index (Phi) is 7.24. The molecule has 162 valence electrons. The van der Waals surface area contributed by atoms with Crippen LogP contribution in [0.25, 0.3) is 11.4 Å². The highest BCUT2D eigenvalue weighted by molar-refractivity contribution is 7.99. The van der Waals surface area contributed by atoms with Crippen LogP contribution >= 0.6 is 23.5 Å². The van der Waals surface area contributed by atoms with Crippen LogP contribution in [0.15, 0.2) is 88.9 Å². The smallest absolute Gasteiger partial charge is 0.234 e. The van der Waals surface area contributed by atoms with Crippen molar-refractivity contribution >= 4 is 35.1 Å². The van der Waals surface area contributed by atoms with Gasteiger partial charge in [0.1, 0.15) is 5.82 Å². The van der Waals surface area contributed by atoms with E-state index >= 15 is 0 Å². The molecule has 0 spiro atoms. The standard InChI is InChI=1S/C24H21FN4OS2/c1-31-21-13-11-20(12-14-21)26-22(30)16-32-24-28-27-23(18-7-9-19(25)10-8-18)29(24)15-17-5-3-2-4-6-17/h2-14H,15-16H2,1H3,(H,26,30). The van der Waals surface area contributed by atoms with Crippen molar-refractivity contribution in [1.82, 2.24) is 14.8 Å². The third-order valence-electron chi connectivity index (χ3n) is 4.71. The molecule has 0 saturated heterocycles. The van der Waals surface area contributed by atoms with E-state index < -0.39 is 0 Å². The maximum absolute atomic E-state index is 13.4. The maximum Gasteiger partial charge on any atom is 0.234 e. The Balaban J connectivity index is 1.51. The van der Waals surface area contributed by atoms with Gasteiger partial charge in [0, 0.05) is 16.1 Å². The van der Waals surface area contributed by atoms with Crippen LogP contribution in [-0.4, -0.2) is 32.7 Å². The van der Waals surface area contributed by atoms with Crippen molar-refractivity contribution in [3.8, 4) is 11.4 Å². The number of thioether (sulfide) groups is 2. The number of halogens is 1. The molecule has 4 rings (SSSR count). The second kappa shape index (κ2) is 10.5.